The Labute approximate surface area is 79.7 Å². The van der Waals surface area contributed by atoms with E-state index in [1.807, 2.05) is 0 Å². The molecule has 3 rings (SSSR count). The van der Waals surface area contributed by atoms with Crippen molar-refractivity contribution in [1.82, 2.24) is 9.88 Å². The molecule has 0 bridgehead atoms. The number of oxazole rings is 1. The molecular formula is C9H8N2O3. The maximum Gasteiger partial charge on any atom is 0.299 e. The van der Waals surface area contributed by atoms with Crippen molar-refractivity contribution in [3.8, 4) is 0 Å². The average molecular weight is 192 g/mol. The molecule has 1 saturated carbocycles. The summed E-state index contributed by atoms with van der Waals surface area (Å²) in [5.74, 6) is -0.149. The van der Waals surface area contributed by atoms with Gasteiger partial charge < -0.3 is 4.42 Å². The molecule has 14 heavy (non-hydrogen) atoms. The van der Waals surface area contributed by atoms with Crippen LogP contribution in [0.5, 0.6) is 0 Å². The van der Waals surface area contributed by atoms with Crippen molar-refractivity contribution in [1.29, 1.82) is 0 Å². The number of aromatic nitrogens is 1. The van der Waals surface area contributed by atoms with Gasteiger partial charge in [0.15, 0.2) is 11.6 Å². The predicted octanol–water partition coefficient (Wildman–Crippen LogP) is 0.741. The lowest BCUT2D eigenvalue weighted by Gasteiger charge is -2.10. The minimum absolute atomic E-state index is 0.0831. The van der Waals surface area contributed by atoms with Crippen LogP contribution in [0.25, 0.3) is 0 Å². The first-order valence-corrected chi connectivity index (χ1v) is 4.54. The minimum atomic E-state index is -0.326. The second-order valence-electron chi connectivity index (χ2n) is 3.62. The summed E-state index contributed by atoms with van der Waals surface area (Å²) in [4.78, 5) is 28.5. The zero-order chi connectivity index (χ0) is 9.87. The van der Waals surface area contributed by atoms with Gasteiger partial charge in [-0.1, -0.05) is 0 Å². The molecule has 0 unspecified atom stereocenters. The molecule has 0 saturated heterocycles. The number of nitrogens with zero attached hydrogens (tertiary/aromatic N) is 2. The molecule has 0 aromatic carbocycles. The molecule has 2 heterocycles. The number of fused-ring (bicyclic) bond motifs is 1. The monoisotopic (exact) mass is 192 g/mol. The van der Waals surface area contributed by atoms with Gasteiger partial charge >= 0.3 is 0 Å². The standard InChI is InChI=1S/C9H8N2O3/c1-4-10-6-7(14-4)9(13)11(8(6)12)5-2-3-5/h5H,2-3H2,1H3. The summed E-state index contributed by atoms with van der Waals surface area (Å²) in [6, 6.07) is 0.0831. The van der Waals surface area contributed by atoms with Crippen LogP contribution < -0.4 is 0 Å². The molecule has 1 aliphatic heterocycles. The van der Waals surface area contributed by atoms with Crippen LogP contribution in [0, 0.1) is 6.92 Å². The lowest BCUT2D eigenvalue weighted by atomic mass is 10.4. The Hall–Kier alpha value is -1.65. The third-order valence-electron chi connectivity index (χ3n) is 2.48. The van der Waals surface area contributed by atoms with Gasteiger partial charge in [0, 0.05) is 13.0 Å². The summed E-state index contributed by atoms with van der Waals surface area (Å²) in [7, 11) is 0. The maximum atomic E-state index is 11.7. The highest BCUT2D eigenvalue weighted by Crippen LogP contribution is 2.34. The molecule has 72 valence electrons. The van der Waals surface area contributed by atoms with Crippen LogP contribution in [0.3, 0.4) is 0 Å². The van der Waals surface area contributed by atoms with E-state index in [1.165, 1.54) is 4.90 Å². The summed E-state index contributed by atoms with van der Waals surface area (Å²) in [6.07, 6.45) is 1.81. The van der Waals surface area contributed by atoms with E-state index < -0.39 is 0 Å². The number of hydrogen-bond acceptors (Lipinski definition) is 4. The fraction of sp³-hybridized carbons (Fsp3) is 0.444. The van der Waals surface area contributed by atoms with E-state index in [1.54, 1.807) is 6.92 Å². The van der Waals surface area contributed by atoms with Crippen LogP contribution >= 0.6 is 0 Å². The van der Waals surface area contributed by atoms with Gasteiger partial charge in [0.1, 0.15) is 0 Å². The zero-order valence-electron chi connectivity index (χ0n) is 7.61. The van der Waals surface area contributed by atoms with Gasteiger partial charge in [-0.15, -0.1) is 0 Å². The molecule has 0 spiro atoms. The van der Waals surface area contributed by atoms with Gasteiger partial charge in [-0.25, -0.2) is 4.98 Å². The van der Waals surface area contributed by atoms with Gasteiger partial charge in [-0.05, 0) is 12.8 Å². The first-order chi connectivity index (χ1) is 6.68. The van der Waals surface area contributed by atoms with Gasteiger partial charge in [-0.3, -0.25) is 14.5 Å². The van der Waals surface area contributed by atoms with Crippen LogP contribution in [0.2, 0.25) is 0 Å². The summed E-state index contributed by atoms with van der Waals surface area (Å²) < 4.78 is 5.09. The number of carbonyl (C=O) groups is 2. The molecule has 2 amide bonds. The van der Waals surface area contributed by atoms with Crippen molar-refractivity contribution in [3.05, 3.63) is 17.3 Å². The Bertz CT molecular complexity index is 411. The summed E-state index contributed by atoms with van der Waals surface area (Å²) in [6.45, 7) is 1.63. The van der Waals surface area contributed by atoms with Crippen LogP contribution in [0.15, 0.2) is 4.42 Å². The average Bonchev–Trinajstić information content (AvgIpc) is 2.83. The molecule has 2 aliphatic rings. The molecule has 5 nitrogen and oxygen atoms in total. The topological polar surface area (TPSA) is 63.4 Å². The van der Waals surface area contributed by atoms with Crippen LogP contribution in [-0.4, -0.2) is 27.7 Å². The van der Waals surface area contributed by atoms with E-state index in [9.17, 15) is 9.59 Å². The maximum absolute atomic E-state index is 11.7. The molecule has 0 radical (unpaired) electrons. The molecule has 0 atom stereocenters. The first-order valence-electron chi connectivity index (χ1n) is 4.54. The van der Waals surface area contributed by atoms with E-state index in [-0.39, 0.29) is 29.3 Å². The zero-order valence-corrected chi connectivity index (χ0v) is 7.61. The lowest BCUT2D eigenvalue weighted by Crippen LogP contribution is -2.32. The van der Waals surface area contributed by atoms with Crippen molar-refractivity contribution in [3.63, 3.8) is 0 Å². The largest absolute Gasteiger partial charge is 0.435 e. The molecular weight excluding hydrogens is 184 g/mol. The third-order valence-corrected chi connectivity index (χ3v) is 2.48. The molecule has 1 fully saturated rings. The Balaban J connectivity index is 2.09. The Morgan fingerprint density at radius 1 is 1.36 bits per heavy atom. The van der Waals surface area contributed by atoms with E-state index in [2.05, 4.69) is 4.98 Å². The van der Waals surface area contributed by atoms with E-state index in [4.69, 9.17) is 4.42 Å². The number of amides is 2. The first kappa shape index (κ1) is 7.73. The normalized spacial score (nSPS) is 20.5. The van der Waals surface area contributed by atoms with E-state index >= 15 is 0 Å². The molecule has 5 heteroatoms. The fourth-order valence-corrected chi connectivity index (χ4v) is 1.70. The Kier molecular flexibility index (Phi) is 1.23. The number of rotatable bonds is 1. The predicted molar refractivity (Wildman–Crippen MR) is 44.8 cm³/mol. The second kappa shape index (κ2) is 2.23. The van der Waals surface area contributed by atoms with Crippen LogP contribution in [0.1, 0.15) is 39.8 Å². The van der Waals surface area contributed by atoms with E-state index in [0.717, 1.165) is 12.8 Å². The molecule has 1 aromatic heterocycles. The van der Waals surface area contributed by atoms with Crippen LogP contribution in [0.4, 0.5) is 0 Å². The van der Waals surface area contributed by atoms with Crippen LogP contribution in [-0.2, 0) is 0 Å². The Morgan fingerprint density at radius 3 is 2.64 bits per heavy atom. The van der Waals surface area contributed by atoms with Crippen molar-refractivity contribution in [2.45, 2.75) is 25.8 Å². The van der Waals surface area contributed by atoms with E-state index in [0.29, 0.717) is 5.89 Å². The summed E-state index contributed by atoms with van der Waals surface area (Å²) in [5.41, 5.74) is 0.180. The smallest absolute Gasteiger partial charge is 0.299 e. The second-order valence-corrected chi connectivity index (χ2v) is 3.62. The highest BCUT2D eigenvalue weighted by Gasteiger charge is 2.47. The minimum Gasteiger partial charge on any atom is -0.435 e. The number of carbonyl (C=O) groups excluding carboxylic acids is 2. The number of hydrogen-bond donors (Lipinski definition) is 0. The van der Waals surface area contributed by atoms with Gasteiger partial charge in [0.25, 0.3) is 11.8 Å². The highest BCUT2D eigenvalue weighted by molar-refractivity contribution is 6.19. The number of imide groups is 1. The Morgan fingerprint density at radius 2 is 2.07 bits per heavy atom. The third kappa shape index (κ3) is 0.814. The van der Waals surface area contributed by atoms with Gasteiger partial charge in [0.2, 0.25) is 5.76 Å². The fourth-order valence-electron chi connectivity index (χ4n) is 1.70. The number of aryl methyl sites for hydroxylation is 1. The lowest BCUT2D eigenvalue weighted by molar-refractivity contribution is 0.0625. The SMILES string of the molecule is Cc1nc2c(o1)C(=O)N(C1CC1)C2=O. The van der Waals surface area contributed by atoms with Crippen molar-refractivity contribution in [2.24, 2.45) is 0 Å². The quantitative estimate of drug-likeness (QED) is 0.615. The molecule has 1 aliphatic carbocycles. The summed E-state index contributed by atoms with van der Waals surface area (Å²) >= 11 is 0. The van der Waals surface area contributed by atoms with Crippen molar-refractivity contribution < 1.29 is 14.0 Å². The van der Waals surface area contributed by atoms with Gasteiger partial charge in [-0.2, -0.15) is 0 Å². The summed E-state index contributed by atoms with van der Waals surface area (Å²) in [5, 5.41) is 0. The van der Waals surface area contributed by atoms with Crippen molar-refractivity contribution in [2.75, 3.05) is 0 Å². The van der Waals surface area contributed by atoms with Crippen molar-refractivity contribution >= 4 is 11.8 Å². The highest BCUT2D eigenvalue weighted by atomic mass is 16.4. The molecule has 0 N–H and O–H groups in total. The van der Waals surface area contributed by atoms with Gasteiger partial charge in [0.05, 0.1) is 0 Å². The molecule has 1 aromatic rings.